The van der Waals surface area contributed by atoms with Crippen molar-refractivity contribution in [1.29, 1.82) is 0 Å². The Morgan fingerprint density at radius 1 is 1.06 bits per heavy atom. The molecule has 0 aliphatic rings. The molecule has 0 aliphatic carbocycles. The van der Waals surface area contributed by atoms with E-state index in [1.54, 1.807) is 12.1 Å². The van der Waals surface area contributed by atoms with Gasteiger partial charge in [-0.15, -0.1) is 13.2 Å². The van der Waals surface area contributed by atoms with Crippen LogP contribution in [0.15, 0.2) is 59.1 Å². The molecule has 1 heterocycles. The summed E-state index contributed by atoms with van der Waals surface area (Å²) in [7, 11) is 0. The van der Waals surface area contributed by atoms with Gasteiger partial charge >= 0.3 is 6.36 Å². The van der Waals surface area contributed by atoms with E-state index in [9.17, 15) is 13.2 Å². The van der Waals surface area contributed by atoms with Crippen LogP contribution in [0.1, 0.15) is 25.8 Å². The Bertz CT molecular complexity index is 1030. The Hall–Kier alpha value is -2.81. The second-order valence-corrected chi connectivity index (χ2v) is 7.89. The van der Waals surface area contributed by atoms with Gasteiger partial charge in [-0.05, 0) is 43.2 Å². The normalized spacial score (nSPS) is 12.3. The van der Waals surface area contributed by atoms with E-state index in [0.29, 0.717) is 29.6 Å². The lowest BCUT2D eigenvalue weighted by atomic mass is 10.1. The van der Waals surface area contributed by atoms with Gasteiger partial charge in [-0.2, -0.15) is 4.98 Å². The molecule has 2 aromatic carbocycles. The SMILES string of the molecule is CC[C@@H](C)Nc1nc(NCc2cccc(Br)c2)cc(-c2cccc(OC(F)(F)F)c2)n1. The molecule has 5 nitrogen and oxygen atoms in total. The third-order valence-corrected chi connectivity index (χ3v) is 4.93. The zero-order valence-electron chi connectivity index (χ0n) is 17.0. The van der Waals surface area contributed by atoms with Crippen LogP contribution in [0.25, 0.3) is 11.3 Å². The number of nitrogens with zero attached hydrogens (tertiary/aromatic N) is 2. The van der Waals surface area contributed by atoms with E-state index >= 15 is 0 Å². The van der Waals surface area contributed by atoms with Crippen molar-refractivity contribution in [2.24, 2.45) is 0 Å². The highest BCUT2D eigenvalue weighted by molar-refractivity contribution is 9.10. The van der Waals surface area contributed by atoms with Gasteiger partial charge in [0.25, 0.3) is 0 Å². The highest BCUT2D eigenvalue weighted by Gasteiger charge is 2.31. The maximum Gasteiger partial charge on any atom is 0.573 e. The van der Waals surface area contributed by atoms with Crippen LogP contribution in [0.5, 0.6) is 5.75 Å². The molecule has 0 saturated heterocycles. The summed E-state index contributed by atoms with van der Waals surface area (Å²) in [5, 5.41) is 6.48. The second kappa shape index (κ2) is 10.00. The summed E-state index contributed by atoms with van der Waals surface area (Å²) in [6.07, 6.45) is -3.90. The lowest BCUT2D eigenvalue weighted by Gasteiger charge is -2.15. The molecule has 0 spiro atoms. The largest absolute Gasteiger partial charge is 0.573 e. The molecule has 0 fully saturated rings. The maximum atomic E-state index is 12.6. The fraction of sp³-hybridized carbons (Fsp3) is 0.273. The fourth-order valence-corrected chi connectivity index (χ4v) is 3.21. The smallest absolute Gasteiger partial charge is 0.406 e. The minimum atomic E-state index is -4.76. The molecule has 1 atom stereocenters. The van der Waals surface area contributed by atoms with Gasteiger partial charge in [0.1, 0.15) is 11.6 Å². The molecule has 0 aliphatic heterocycles. The number of halogens is 4. The predicted molar refractivity (Wildman–Crippen MR) is 119 cm³/mol. The monoisotopic (exact) mass is 494 g/mol. The average Bonchev–Trinajstić information content (AvgIpc) is 2.71. The van der Waals surface area contributed by atoms with E-state index in [2.05, 4.69) is 41.3 Å². The van der Waals surface area contributed by atoms with E-state index in [1.165, 1.54) is 18.2 Å². The van der Waals surface area contributed by atoms with E-state index in [0.717, 1.165) is 16.5 Å². The van der Waals surface area contributed by atoms with Crippen molar-refractivity contribution in [3.63, 3.8) is 0 Å². The Morgan fingerprint density at radius 2 is 1.84 bits per heavy atom. The molecule has 0 radical (unpaired) electrons. The Balaban J connectivity index is 1.90. The van der Waals surface area contributed by atoms with Crippen LogP contribution in [0.2, 0.25) is 0 Å². The van der Waals surface area contributed by atoms with E-state index in [-0.39, 0.29) is 11.8 Å². The van der Waals surface area contributed by atoms with Crippen LogP contribution in [-0.4, -0.2) is 22.4 Å². The molecule has 9 heteroatoms. The minimum absolute atomic E-state index is 0.132. The van der Waals surface area contributed by atoms with Crippen molar-refractivity contribution >= 4 is 27.7 Å². The molecular weight excluding hydrogens is 473 g/mol. The van der Waals surface area contributed by atoms with Gasteiger partial charge in [-0.25, -0.2) is 4.98 Å². The third kappa shape index (κ3) is 7.13. The number of hydrogen-bond acceptors (Lipinski definition) is 5. The van der Waals surface area contributed by atoms with Crippen molar-refractivity contribution in [2.45, 2.75) is 39.2 Å². The predicted octanol–water partition coefficient (Wildman–Crippen LogP) is 6.63. The Labute approximate surface area is 187 Å². The number of anilines is 2. The van der Waals surface area contributed by atoms with Crippen molar-refractivity contribution < 1.29 is 17.9 Å². The standard InChI is InChI=1S/C22H22BrF3N4O/c1-3-14(2)28-21-29-19(16-7-5-9-18(11-16)31-22(24,25)26)12-20(30-21)27-13-15-6-4-8-17(23)10-15/h4-12,14H,3,13H2,1-2H3,(H2,27,28,29,30)/t14-/m1/s1. The number of hydrogen-bond donors (Lipinski definition) is 2. The zero-order valence-corrected chi connectivity index (χ0v) is 18.6. The molecule has 31 heavy (non-hydrogen) atoms. The quantitative estimate of drug-likeness (QED) is 0.368. The van der Waals surface area contributed by atoms with Gasteiger partial charge < -0.3 is 15.4 Å². The van der Waals surface area contributed by atoms with Gasteiger partial charge in [0.05, 0.1) is 5.69 Å². The number of benzene rings is 2. The number of ether oxygens (including phenoxy) is 1. The molecule has 3 aromatic rings. The lowest BCUT2D eigenvalue weighted by molar-refractivity contribution is -0.274. The van der Waals surface area contributed by atoms with Crippen LogP contribution in [-0.2, 0) is 6.54 Å². The minimum Gasteiger partial charge on any atom is -0.406 e. The van der Waals surface area contributed by atoms with Gasteiger partial charge in [-0.1, -0.05) is 47.1 Å². The highest BCUT2D eigenvalue weighted by atomic mass is 79.9. The first-order chi connectivity index (χ1) is 14.7. The summed E-state index contributed by atoms with van der Waals surface area (Å²) in [6, 6.07) is 15.4. The molecular formula is C22H22BrF3N4O. The molecule has 0 saturated carbocycles. The van der Waals surface area contributed by atoms with Crippen LogP contribution in [0.3, 0.4) is 0 Å². The number of alkyl halides is 3. The second-order valence-electron chi connectivity index (χ2n) is 6.97. The number of nitrogens with one attached hydrogen (secondary N) is 2. The van der Waals surface area contributed by atoms with Crippen LogP contribution in [0.4, 0.5) is 24.9 Å². The molecule has 0 amide bonds. The number of aromatic nitrogens is 2. The highest BCUT2D eigenvalue weighted by Crippen LogP contribution is 2.29. The summed E-state index contributed by atoms with van der Waals surface area (Å²) in [5.41, 5.74) is 2.01. The summed E-state index contributed by atoms with van der Waals surface area (Å²) < 4.78 is 42.8. The van der Waals surface area contributed by atoms with Gasteiger partial charge in [0, 0.05) is 28.7 Å². The maximum absolute atomic E-state index is 12.6. The molecule has 1 aromatic heterocycles. The van der Waals surface area contributed by atoms with E-state index in [1.807, 2.05) is 38.1 Å². The van der Waals surface area contributed by atoms with Gasteiger partial charge in [-0.3, -0.25) is 0 Å². The van der Waals surface area contributed by atoms with Crippen molar-refractivity contribution in [2.75, 3.05) is 10.6 Å². The molecule has 0 unspecified atom stereocenters. The number of rotatable bonds is 8. The van der Waals surface area contributed by atoms with Crippen LogP contribution in [0, 0.1) is 0 Å². The third-order valence-electron chi connectivity index (χ3n) is 4.44. The molecule has 164 valence electrons. The van der Waals surface area contributed by atoms with E-state index in [4.69, 9.17) is 0 Å². The summed E-state index contributed by atoms with van der Waals surface area (Å²) in [4.78, 5) is 9.00. The lowest BCUT2D eigenvalue weighted by Crippen LogP contribution is -2.17. The fourth-order valence-electron chi connectivity index (χ4n) is 2.76. The van der Waals surface area contributed by atoms with E-state index < -0.39 is 6.36 Å². The first-order valence-electron chi connectivity index (χ1n) is 9.72. The van der Waals surface area contributed by atoms with Crippen molar-refractivity contribution in [3.8, 4) is 17.0 Å². The van der Waals surface area contributed by atoms with Crippen molar-refractivity contribution in [1.82, 2.24) is 9.97 Å². The first-order valence-corrected chi connectivity index (χ1v) is 10.5. The first kappa shape index (κ1) is 22.9. The Morgan fingerprint density at radius 3 is 2.55 bits per heavy atom. The van der Waals surface area contributed by atoms with Gasteiger partial charge in [0.2, 0.25) is 5.95 Å². The molecule has 0 bridgehead atoms. The summed E-state index contributed by atoms with van der Waals surface area (Å²) in [6.45, 7) is 4.56. The summed E-state index contributed by atoms with van der Waals surface area (Å²) in [5.74, 6) is 0.646. The van der Waals surface area contributed by atoms with Crippen molar-refractivity contribution in [3.05, 3.63) is 64.6 Å². The Kier molecular flexibility index (Phi) is 7.37. The average molecular weight is 495 g/mol. The zero-order chi connectivity index (χ0) is 22.4. The van der Waals surface area contributed by atoms with Crippen LogP contribution < -0.4 is 15.4 Å². The van der Waals surface area contributed by atoms with Crippen LogP contribution >= 0.6 is 15.9 Å². The van der Waals surface area contributed by atoms with Gasteiger partial charge in [0.15, 0.2) is 0 Å². The molecule has 3 rings (SSSR count). The molecule has 2 N–H and O–H groups in total. The summed E-state index contributed by atoms with van der Waals surface area (Å²) >= 11 is 3.45. The topological polar surface area (TPSA) is 59.1 Å².